The molecule has 3 rings (SSSR count). The Labute approximate surface area is 161 Å². The monoisotopic (exact) mass is 386 g/mol. The van der Waals surface area contributed by atoms with Crippen LogP contribution in [-0.4, -0.2) is 10.9 Å². The van der Waals surface area contributed by atoms with E-state index in [1.165, 1.54) is 23.5 Å². The summed E-state index contributed by atoms with van der Waals surface area (Å²) in [6, 6.07) is 10.8. The number of aromatic nitrogens is 1. The standard InChI is InChI=1S/C21H20F2N2OS/c1-12-4-6-15(7-5-12)21-19(27-14(3)25-21)11-20(26)24-13(2)17-9-8-16(22)10-18(17)23/h4-10,13H,11H2,1-3H3,(H,24,26). The van der Waals surface area contributed by atoms with Crippen molar-refractivity contribution >= 4 is 17.2 Å². The van der Waals surface area contributed by atoms with Gasteiger partial charge in [-0.25, -0.2) is 13.8 Å². The zero-order valence-corrected chi connectivity index (χ0v) is 16.2. The highest BCUT2D eigenvalue weighted by molar-refractivity contribution is 7.12. The molecule has 0 bridgehead atoms. The van der Waals surface area contributed by atoms with Gasteiger partial charge < -0.3 is 5.32 Å². The van der Waals surface area contributed by atoms with Crippen molar-refractivity contribution in [1.82, 2.24) is 10.3 Å². The Morgan fingerprint density at radius 3 is 2.52 bits per heavy atom. The van der Waals surface area contributed by atoms with Gasteiger partial charge in [-0.05, 0) is 26.8 Å². The van der Waals surface area contributed by atoms with Crippen molar-refractivity contribution in [2.75, 3.05) is 0 Å². The summed E-state index contributed by atoms with van der Waals surface area (Å²) in [5.74, 6) is -1.54. The van der Waals surface area contributed by atoms with Gasteiger partial charge in [-0.2, -0.15) is 0 Å². The van der Waals surface area contributed by atoms with Gasteiger partial charge >= 0.3 is 0 Å². The lowest BCUT2D eigenvalue weighted by Gasteiger charge is -2.15. The molecule has 1 aromatic heterocycles. The van der Waals surface area contributed by atoms with E-state index in [0.717, 1.165) is 32.8 Å². The first-order valence-corrected chi connectivity index (χ1v) is 9.43. The molecule has 3 nitrogen and oxygen atoms in total. The third-order valence-corrected chi connectivity index (χ3v) is 5.23. The van der Waals surface area contributed by atoms with E-state index in [0.29, 0.717) is 0 Å². The second-order valence-corrected chi connectivity index (χ2v) is 7.79. The Balaban J connectivity index is 1.75. The number of halogens is 2. The van der Waals surface area contributed by atoms with Crippen LogP contribution in [0.15, 0.2) is 42.5 Å². The van der Waals surface area contributed by atoms with Crippen LogP contribution in [-0.2, 0) is 11.2 Å². The summed E-state index contributed by atoms with van der Waals surface area (Å²) in [6.07, 6.45) is 0.155. The van der Waals surface area contributed by atoms with Gasteiger partial charge in [0, 0.05) is 22.1 Å². The number of nitrogens with one attached hydrogen (secondary N) is 1. The Bertz CT molecular complexity index is 967. The number of aryl methyl sites for hydroxylation is 2. The van der Waals surface area contributed by atoms with Crippen LogP contribution >= 0.6 is 11.3 Å². The normalized spacial score (nSPS) is 12.0. The molecule has 0 spiro atoms. The van der Waals surface area contributed by atoms with Gasteiger partial charge in [0.15, 0.2) is 0 Å². The minimum Gasteiger partial charge on any atom is -0.349 e. The quantitative estimate of drug-likeness (QED) is 0.661. The predicted octanol–water partition coefficient (Wildman–Crippen LogP) is 5.13. The molecule has 2 aromatic carbocycles. The maximum absolute atomic E-state index is 13.9. The number of thiazole rings is 1. The van der Waals surface area contributed by atoms with Crippen LogP contribution in [0.5, 0.6) is 0 Å². The first-order valence-electron chi connectivity index (χ1n) is 8.61. The summed E-state index contributed by atoms with van der Waals surface area (Å²) in [4.78, 5) is 17.9. The summed E-state index contributed by atoms with van der Waals surface area (Å²) < 4.78 is 27.0. The van der Waals surface area contributed by atoms with Gasteiger partial charge in [0.1, 0.15) is 11.6 Å². The van der Waals surface area contributed by atoms with E-state index in [-0.39, 0.29) is 17.9 Å². The zero-order chi connectivity index (χ0) is 19.6. The molecular weight excluding hydrogens is 366 g/mol. The maximum atomic E-state index is 13.9. The van der Waals surface area contributed by atoms with Crippen molar-refractivity contribution in [3.05, 3.63) is 75.1 Å². The number of carbonyl (C=O) groups is 1. The van der Waals surface area contributed by atoms with Crippen LogP contribution < -0.4 is 5.32 Å². The number of amides is 1. The van der Waals surface area contributed by atoms with Gasteiger partial charge in [0.05, 0.1) is 23.2 Å². The zero-order valence-electron chi connectivity index (χ0n) is 15.3. The van der Waals surface area contributed by atoms with Crippen LogP contribution in [0, 0.1) is 25.5 Å². The third-order valence-electron chi connectivity index (χ3n) is 4.26. The van der Waals surface area contributed by atoms with E-state index >= 15 is 0 Å². The molecule has 0 fully saturated rings. The summed E-state index contributed by atoms with van der Waals surface area (Å²) in [5.41, 5.74) is 3.17. The molecule has 1 unspecified atom stereocenters. The van der Waals surface area contributed by atoms with E-state index < -0.39 is 17.7 Å². The highest BCUT2D eigenvalue weighted by atomic mass is 32.1. The van der Waals surface area contributed by atoms with Crippen molar-refractivity contribution in [2.24, 2.45) is 0 Å². The van der Waals surface area contributed by atoms with Crippen LogP contribution in [0.25, 0.3) is 11.3 Å². The molecule has 0 aliphatic rings. The lowest BCUT2D eigenvalue weighted by atomic mass is 10.1. The maximum Gasteiger partial charge on any atom is 0.225 e. The fourth-order valence-corrected chi connectivity index (χ4v) is 3.85. The molecule has 140 valence electrons. The summed E-state index contributed by atoms with van der Waals surface area (Å²) in [7, 11) is 0. The molecular formula is C21H20F2N2OS. The Morgan fingerprint density at radius 2 is 1.85 bits per heavy atom. The molecule has 0 saturated carbocycles. The topological polar surface area (TPSA) is 42.0 Å². The van der Waals surface area contributed by atoms with Crippen molar-refractivity contribution in [3.63, 3.8) is 0 Å². The second-order valence-electron chi connectivity index (χ2n) is 6.50. The lowest BCUT2D eigenvalue weighted by molar-refractivity contribution is -0.121. The molecule has 1 heterocycles. The van der Waals surface area contributed by atoms with Gasteiger partial charge in [0.25, 0.3) is 0 Å². The number of hydrogen-bond donors (Lipinski definition) is 1. The molecule has 0 aliphatic heterocycles. The van der Waals surface area contributed by atoms with Gasteiger partial charge in [0.2, 0.25) is 5.91 Å². The fraction of sp³-hybridized carbons (Fsp3) is 0.238. The average molecular weight is 386 g/mol. The molecule has 1 N–H and O–H groups in total. The van der Waals surface area contributed by atoms with Crippen molar-refractivity contribution < 1.29 is 13.6 Å². The first-order chi connectivity index (χ1) is 12.8. The van der Waals surface area contributed by atoms with Gasteiger partial charge in [-0.15, -0.1) is 11.3 Å². The molecule has 27 heavy (non-hydrogen) atoms. The van der Waals surface area contributed by atoms with Crippen molar-refractivity contribution in [2.45, 2.75) is 33.2 Å². The minimum absolute atomic E-state index is 0.155. The Morgan fingerprint density at radius 1 is 1.15 bits per heavy atom. The lowest BCUT2D eigenvalue weighted by Crippen LogP contribution is -2.28. The Hall–Kier alpha value is -2.60. The van der Waals surface area contributed by atoms with E-state index in [4.69, 9.17) is 0 Å². The van der Waals surface area contributed by atoms with E-state index in [9.17, 15) is 13.6 Å². The molecule has 0 saturated heterocycles. The van der Waals surface area contributed by atoms with Crippen LogP contribution in [0.2, 0.25) is 0 Å². The minimum atomic E-state index is -0.670. The van der Waals surface area contributed by atoms with E-state index in [1.54, 1.807) is 6.92 Å². The van der Waals surface area contributed by atoms with E-state index in [1.807, 2.05) is 38.1 Å². The summed E-state index contributed by atoms with van der Waals surface area (Å²) >= 11 is 1.47. The molecule has 1 amide bonds. The summed E-state index contributed by atoms with van der Waals surface area (Å²) in [6.45, 7) is 5.59. The Kier molecular flexibility index (Phi) is 5.65. The number of rotatable bonds is 5. The fourth-order valence-electron chi connectivity index (χ4n) is 2.89. The van der Waals surface area contributed by atoms with Crippen molar-refractivity contribution in [1.29, 1.82) is 0 Å². The molecule has 6 heteroatoms. The smallest absolute Gasteiger partial charge is 0.225 e. The molecule has 3 aromatic rings. The SMILES string of the molecule is Cc1ccc(-c2nc(C)sc2CC(=O)NC(C)c2ccc(F)cc2F)cc1. The number of nitrogens with zero attached hydrogens (tertiary/aromatic N) is 1. The average Bonchev–Trinajstić information content (AvgIpc) is 2.95. The number of carbonyl (C=O) groups excluding carboxylic acids is 1. The van der Waals surface area contributed by atoms with Crippen LogP contribution in [0.4, 0.5) is 8.78 Å². The highest BCUT2D eigenvalue weighted by Gasteiger charge is 2.18. The molecule has 1 atom stereocenters. The first kappa shape index (κ1) is 19.2. The summed E-state index contributed by atoms with van der Waals surface area (Å²) in [5, 5.41) is 3.66. The van der Waals surface area contributed by atoms with Crippen LogP contribution in [0.3, 0.4) is 0 Å². The number of benzene rings is 2. The number of hydrogen-bond acceptors (Lipinski definition) is 3. The van der Waals surface area contributed by atoms with Gasteiger partial charge in [-0.3, -0.25) is 4.79 Å². The molecule has 0 aliphatic carbocycles. The molecule has 0 radical (unpaired) electrons. The van der Waals surface area contributed by atoms with Crippen LogP contribution in [0.1, 0.15) is 34.0 Å². The highest BCUT2D eigenvalue weighted by Crippen LogP contribution is 2.29. The van der Waals surface area contributed by atoms with E-state index in [2.05, 4.69) is 10.3 Å². The second kappa shape index (κ2) is 7.96. The van der Waals surface area contributed by atoms with Crippen molar-refractivity contribution in [3.8, 4) is 11.3 Å². The third kappa shape index (κ3) is 4.57. The largest absolute Gasteiger partial charge is 0.349 e. The van der Waals surface area contributed by atoms with Gasteiger partial charge in [-0.1, -0.05) is 35.9 Å². The predicted molar refractivity (Wildman–Crippen MR) is 104 cm³/mol.